The summed E-state index contributed by atoms with van der Waals surface area (Å²) >= 11 is 1.78. The van der Waals surface area contributed by atoms with Crippen LogP contribution in [0, 0.1) is 0 Å². The molecule has 0 rings (SSSR count). The van der Waals surface area contributed by atoms with E-state index in [0.717, 1.165) is 3.88 Å². The van der Waals surface area contributed by atoms with E-state index in [1.54, 1.807) is 29.3 Å². The van der Waals surface area contributed by atoms with Crippen LogP contribution in [0.3, 0.4) is 0 Å². The van der Waals surface area contributed by atoms with Gasteiger partial charge in [-0.05, 0) is 0 Å². The van der Waals surface area contributed by atoms with Crippen LogP contribution >= 0.6 is 0 Å². The van der Waals surface area contributed by atoms with E-state index in [1.165, 1.54) is 0 Å². The van der Waals surface area contributed by atoms with Crippen LogP contribution in [0.25, 0.3) is 0 Å². The molecule has 0 aromatic heterocycles. The Morgan fingerprint density at radius 3 is 2.64 bits per heavy atom. The topological polar surface area (TPSA) is 52.9 Å². The third-order valence-corrected chi connectivity index (χ3v) is 2.59. The standard InChI is InChI=1S/C6H11N2O2Te/c1-7-6(11)8(2)4-3-5(9)10/h3-4H2,1-2H3,(H,9,10). The third kappa shape index (κ3) is 5.05. The predicted octanol–water partition coefficient (Wildman–Crippen LogP) is -0.453. The van der Waals surface area contributed by atoms with Crippen molar-refractivity contribution in [3.63, 3.8) is 0 Å². The zero-order valence-electron chi connectivity index (χ0n) is 6.57. The minimum absolute atomic E-state index is 0.158. The van der Waals surface area contributed by atoms with Gasteiger partial charge in [0, 0.05) is 0 Å². The number of amidine groups is 1. The molecule has 0 aromatic rings. The summed E-state index contributed by atoms with van der Waals surface area (Å²) < 4.78 is 0.863. The van der Waals surface area contributed by atoms with Crippen molar-refractivity contribution in [2.24, 2.45) is 4.99 Å². The maximum atomic E-state index is 10.1. The zero-order valence-corrected chi connectivity index (χ0v) is 8.90. The molecule has 4 nitrogen and oxygen atoms in total. The number of carboxylic acid groups (broad SMARTS) is 1. The number of hydrogen-bond acceptors (Lipinski definition) is 2. The fourth-order valence-corrected chi connectivity index (χ4v) is 0.790. The first kappa shape index (κ1) is 10.7. The molecule has 1 N–H and O–H groups in total. The second kappa shape index (κ2) is 5.39. The van der Waals surface area contributed by atoms with E-state index in [-0.39, 0.29) is 6.42 Å². The Labute approximate surface area is 79.2 Å². The van der Waals surface area contributed by atoms with Gasteiger partial charge in [-0.1, -0.05) is 0 Å². The monoisotopic (exact) mass is 273 g/mol. The van der Waals surface area contributed by atoms with Crippen molar-refractivity contribution in [3.05, 3.63) is 0 Å². The van der Waals surface area contributed by atoms with Crippen LogP contribution in [-0.4, -0.2) is 62.8 Å². The molecule has 0 fully saturated rings. The molecule has 1 radical (unpaired) electrons. The molecular formula is C6H11N2O2Te. The van der Waals surface area contributed by atoms with Gasteiger partial charge >= 0.3 is 79.0 Å². The first-order valence-corrected chi connectivity index (χ1v) is 4.31. The van der Waals surface area contributed by atoms with E-state index in [0.29, 0.717) is 6.54 Å². The van der Waals surface area contributed by atoms with Gasteiger partial charge in [0.1, 0.15) is 0 Å². The molecule has 0 spiro atoms. The van der Waals surface area contributed by atoms with Crippen LogP contribution in [0.1, 0.15) is 6.42 Å². The van der Waals surface area contributed by atoms with Gasteiger partial charge < -0.3 is 0 Å². The average molecular weight is 271 g/mol. The predicted molar refractivity (Wildman–Crippen MR) is 44.0 cm³/mol. The Balaban J connectivity index is 3.69. The number of carbonyl (C=O) groups is 1. The Morgan fingerprint density at radius 2 is 2.27 bits per heavy atom. The Hall–Kier alpha value is -0.270. The summed E-state index contributed by atoms with van der Waals surface area (Å²) in [6.45, 7) is 0.515. The van der Waals surface area contributed by atoms with Gasteiger partial charge in [0.15, 0.2) is 0 Å². The molecule has 0 aliphatic carbocycles. The SMILES string of the molecule is CN=C([Te])N(C)CCC(=O)O. The van der Waals surface area contributed by atoms with Crippen molar-refractivity contribution >= 4 is 32.1 Å². The molecule has 0 aliphatic rings. The van der Waals surface area contributed by atoms with Gasteiger partial charge in [-0.25, -0.2) is 0 Å². The van der Waals surface area contributed by atoms with Gasteiger partial charge in [-0.15, -0.1) is 0 Å². The molecule has 0 unspecified atom stereocenters. The molecule has 0 amide bonds. The molecule has 0 atom stereocenters. The van der Waals surface area contributed by atoms with Crippen molar-refractivity contribution in [1.29, 1.82) is 0 Å². The van der Waals surface area contributed by atoms with Gasteiger partial charge in [0.05, 0.1) is 0 Å². The molecule has 0 aromatic carbocycles. The Morgan fingerprint density at radius 1 is 1.73 bits per heavy atom. The van der Waals surface area contributed by atoms with Gasteiger partial charge in [-0.3, -0.25) is 0 Å². The number of hydrogen-bond donors (Lipinski definition) is 1. The van der Waals surface area contributed by atoms with E-state index in [4.69, 9.17) is 5.11 Å². The molecule has 0 aliphatic heterocycles. The van der Waals surface area contributed by atoms with Crippen molar-refractivity contribution in [1.82, 2.24) is 4.90 Å². The molecule has 0 saturated carbocycles. The fraction of sp³-hybridized carbons (Fsp3) is 0.667. The summed E-state index contributed by atoms with van der Waals surface area (Å²) in [4.78, 5) is 15.9. The first-order chi connectivity index (χ1) is 5.07. The van der Waals surface area contributed by atoms with Gasteiger partial charge in [0.25, 0.3) is 0 Å². The van der Waals surface area contributed by atoms with E-state index in [1.807, 2.05) is 11.9 Å². The third-order valence-electron chi connectivity index (χ3n) is 1.18. The van der Waals surface area contributed by atoms with E-state index in [2.05, 4.69) is 4.99 Å². The normalized spacial score (nSPS) is 11.3. The van der Waals surface area contributed by atoms with Crippen molar-refractivity contribution in [3.8, 4) is 0 Å². The van der Waals surface area contributed by atoms with E-state index < -0.39 is 5.97 Å². The van der Waals surface area contributed by atoms with Crippen LogP contribution in [0.5, 0.6) is 0 Å². The second-order valence-electron chi connectivity index (χ2n) is 2.07. The molecular weight excluding hydrogens is 260 g/mol. The summed E-state index contributed by atoms with van der Waals surface area (Å²) in [5.41, 5.74) is 0. The quantitative estimate of drug-likeness (QED) is 0.429. The van der Waals surface area contributed by atoms with Crippen molar-refractivity contribution in [2.45, 2.75) is 6.42 Å². The summed E-state index contributed by atoms with van der Waals surface area (Å²) in [5, 5.41) is 8.35. The van der Waals surface area contributed by atoms with E-state index in [9.17, 15) is 4.79 Å². The molecule has 5 heteroatoms. The fourth-order valence-electron chi connectivity index (χ4n) is 0.530. The van der Waals surface area contributed by atoms with Gasteiger partial charge in [0.2, 0.25) is 0 Å². The summed E-state index contributed by atoms with van der Waals surface area (Å²) in [6.07, 6.45) is 0.158. The van der Waals surface area contributed by atoms with Crippen LogP contribution < -0.4 is 0 Å². The average Bonchev–Trinajstić information content (AvgIpc) is 1.98. The number of nitrogens with zero attached hydrogens (tertiary/aromatic N) is 2. The van der Waals surface area contributed by atoms with Crippen LogP contribution in [0.15, 0.2) is 4.99 Å². The Kier molecular flexibility index (Phi) is 5.26. The van der Waals surface area contributed by atoms with E-state index >= 15 is 0 Å². The molecule has 0 heterocycles. The summed E-state index contributed by atoms with van der Waals surface area (Å²) in [5.74, 6) is -0.776. The zero-order chi connectivity index (χ0) is 8.85. The number of carboxylic acids is 1. The van der Waals surface area contributed by atoms with Crippen molar-refractivity contribution < 1.29 is 9.90 Å². The number of aliphatic carboxylic acids is 1. The number of aliphatic imine (C=N–C) groups is 1. The maximum absolute atomic E-state index is 10.1. The molecule has 11 heavy (non-hydrogen) atoms. The van der Waals surface area contributed by atoms with Crippen molar-refractivity contribution in [2.75, 3.05) is 20.6 Å². The van der Waals surface area contributed by atoms with Crippen LogP contribution in [0.2, 0.25) is 0 Å². The minimum atomic E-state index is -0.776. The summed E-state index contributed by atoms with van der Waals surface area (Å²) in [6, 6.07) is 0. The number of rotatable bonds is 3. The summed E-state index contributed by atoms with van der Waals surface area (Å²) in [7, 11) is 3.52. The second-order valence-corrected chi connectivity index (χ2v) is 3.11. The van der Waals surface area contributed by atoms with Gasteiger partial charge in [-0.2, -0.15) is 0 Å². The Bertz CT molecular complexity index is 170. The molecule has 63 valence electrons. The molecule has 0 saturated heterocycles. The van der Waals surface area contributed by atoms with Crippen LogP contribution in [0.4, 0.5) is 0 Å². The van der Waals surface area contributed by atoms with Crippen LogP contribution in [-0.2, 0) is 4.79 Å². The first-order valence-electron chi connectivity index (χ1n) is 3.14. The molecule has 0 bridgehead atoms.